The highest BCUT2D eigenvalue weighted by atomic mass is 35.5. The molecule has 0 aromatic heterocycles. The van der Waals surface area contributed by atoms with Crippen molar-refractivity contribution in [2.24, 2.45) is 0 Å². The summed E-state index contributed by atoms with van der Waals surface area (Å²) in [5.74, 6) is -0.558. The van der Waals surface area contributed by atoms with Crippen molar-refractivity contribution in [1.29, 1.82) is 0 Å². The number of alkyl carbamates (subject to hydrolysis) is 1. The minimum atomic E-state index is -0.598. The van der Waals surface area contributed by atoms with Gasteiger partial charge in [0.05, 0.1) is 17.2 Å². The summed E-state index contributed by atoms with van der Waals surface area (Å²) in [5, 5.41) is 8.22. The summed E-state index contributed by atoms with van der Waals surface area (Å²) >= 11 is 12.0. The van der Waals surface area contributed by atoms with E-state index in [1.807, 2.05) is 0 Å². The number of carbonyl (C=O) groups excluding carboxylic acids is 3. The van der Waals surface area contributed by atoms with E-state index in [2.05, 4.69) is 16.0 Å². The third-order valence-electron chi connectivity index (χ3n) is 3.24. The molecule has 3 amide bonds. The first-order chi connectivity index (χ1) is 13.0. The molecule has 0 unspecified atom stereocenters. The van der Waals surface area contributed by atoms with Crippen molar-refractivity contribution in [3.63, 3.8) is 0 Å². The van der Waals surface area contributed by atoms with Crippen LogP contribution < -0.4 is 20.7 Å². The SMILES string of the molecule is COc1c(Cl)ccc(Cl)c1C(=O)NCCNC(=O)CCNC(=O)OC(C)(C)C. The van der Waals surface area contributed by atoms with Crippen molar-refractivity contribution >= 4 is 41.1 Å². The van der Waals surface area contributed by atoms with E-state index in [1.165, 1.54) is 19.2 Å². The zero-order valence-electron chi connectivity index (χ0n) is 16.3. The Balaban J connectivity index is 2.34. The van der Waals surface area contributed by atoms with Gasteiger partial charge in [0.25, 0.3) is 5.91 Å². The fraction of sp³-hybridized carbons (Fsp3) is 0.500. The Labute approximate surface area is 174 Å². The Bertz CT molecular complexity index is 720. The van der Waals surface area contributed by atoms with Gasteiger partial charge in [-0.1, -0.05) is 23.2 Å². The van der Waals surface area contributed by atoms with Crippen molar-refractivity contribution < 1.29 is 23.9 Å². The number of amides is 3. The molecular formula is C18H25Cl2N3O5. The average molecular weight is 434 g/mol. The minimum Gasteiger partial charge on any atom is -0.494 e. The van der Waals surface area contributed by atoms with Gasteiger partial charge in [0, 0.05) is 26.1 Å². The lowest BCUT2D eigenvalue weighted by Gasteiger charge is -2.19. The predicted octanol–water partition coefficient (Wildman–Crippen LogP) is 2.76. The van der Waals surface area contributed by atoms with E-state index < -0.39 is 17.6 Å². The number of carbonyl (C=O) groups is 3. The van der Waals surface area contributed by atoms with E-state index in [-0.39, 0.29) is 53.3 Å². The van der Waals surface area contributed by atoms with Crippen LogP contribution in [0.5, 0.6) is 5.75 Å². The topological polar surface area (TPSA) is 106 Å². The second-order valence-corrected chi connectivity index (χ2v) is 7.54. The number of nitrogens with one attached hydrogen (secondary N) is 3. The lowest BCUT2D eigenvalue weighted by atomic mass is 10.2. The predicted molar refractivity (Wildman–Crippen MR) is 107 cm³/mol. The molecule has 156 valence electrons. The molecule has 10 heteroatoms. The quantitative estimate of drug-likeness (QED) is 0.546. The Morgan fingerprint density at radius 3 is 2.18 bits per heavy atom. The maximum absolute atomic E-state index is 12.3. The van der Waals surface area contributed by atoms with E-state index >= 15 is 0 Å². The van der Waals surface area contributed by atoms with Crippen LogP contribution in [0.2, 0.25) is 10.0 Å². The van der Waals surface area contributed by atoms with Crippen LogP contribution in [0.15, 0.2) is 12.1 Å². The highest BCUT2D eigenvalue weighted by Gasteiger charge is 2.19. The molecule has 1 aromatic carbocycles. The third-order valence-corrected chi connectivity index (χ3v) is 3.86. The van der Waals surface area contributed by atoms with Crippen LogP contribution in [0.25, 0.3) is 0 Å². The van der Waals surface area contributed by atoms with Gasteiger partial charge < -0.3 is 25.4 Å². The van der Waals surface area contributed by atoms with Gasteiger partial charge in [-0.3, -0.25) is 9.59 Å². The van der Waals surface area contributed by atoms with Crippen LogP contribution >= 0.6 is 23.2 Å². The fourth-order valence-corrected chi connectivity index (χ4v) is 2.56. The normalized spacial score (nSPS) is 10.8. The summed E-state index contributed by atoms with van der Waals surface area (Å²) < 4.78 is 10.2. The van der Waals surface area contributed by atoms with E-state index in [9.17, 15) is 14.4 Å². The Kier molecular flexibility index (Phi) is 9.34. The second kappa shape index (κ2) is 11.0. The molecule has 28 heavy (non-hydrogen) atoms. The van der Waals surface area contributed by atoms with Crippen LogP contribution in [0.1, 0.15) is 37.6 Å². The van der Waals surface area contributed by atoms with Crippen molar-refractivity contribution in [3.8, 4) is 5.75 Å². The summed E-state index contributed by atoms with van der Waals surface area (Å²) in [6, 6.07) is 3.03. The monoisotopic (exact) mass is 433 g/mol. The minimum absolute atomic E-state index is 0.0845. The standard InChI is InChI=1S/C18H25Cl2N3O5/c1-18(2,3)28-17(26)23-8-7-13(24)21-9-10-22-16(25)14-11(19)5-6-12(20)15(14)27-4/h5-6H,7-10H2,1-4H3,(H,21,24)(H,22,25)(H,23,26). The molecule has 0 saturated carbocycles. The second-order valence-electron chi connectivity index (χ2n) is 6.72. The molecule has 0 aliphatic rings. The van der Waals surface area contributed by atoms with Gasteiger partial charge in [0.1, 0.15) is 11.2 Å². The van der Waals surface area contributed by atoms with Crippen molar-refractivity contribution in [2.75, 3.05) is 26.7 Å². The molecule has 8 nitrogen and oxygen atoms in total. The molecule has 0 saturated heterocycles. The smallest absolute Gasteiger partial charge is 0.407 e. The van der Waals surface area contributed by atoms with Crippen LogP contribution in [-0.2, 0) is 9.53 Å². The molecule has 0 spiro atoms. The summed E-state index contributed by atoms with van der Waals surface area (Å²) in [6.45, 7) is 5.77. The molecule has 0 aliphatic carbocycles. The third kappa shape index (κ3) is 8.22. The summed E-state index contributed by atoms with van der Waals surface area (Å²) in [4.78, 5) is 35.5. The number of methoxy groups -OCH3 is 1. The molecule has 0 heterocycles. The molecule has 3 N–H and O–H groups in total. The van der Waals surface area contributed by atoms with Gasteiger partial charge in [0.2, 0.25) is 5.91 Å². The molecule has 1 rings (SSSR count). The molecule has 0 radical (unpaired) electrons. The van der Waals surface area contributed by atoms with Gasteiger partial charge in [-0.15, -0.1) is 0 Å². The first-order valence-electron chi connectivity index (χ1n) is 8.59. The summed E-state index contributed by atoms with van der Waals surface area (Å²) in [6.07, 6.45) is -0.499. The lowest BCUT2D eigenvalue weighted by molar-refractivity contribution is -0.120. The lowest BCUT2D eigenvalue weighted by Crippen LogP contribution is -2.37. The van der Waals surface area contributed by atoms with Gasteiger partial charge in [-0.05, 0) is 32.9 Å². The first-order valence-corrected chi connectivity index (χ1v) is 9.34. The van der Waals surface area contributed by atoms with E-state index in [1.54, 1.807) is 20.8 Å². The van der Waals surface area contributed by atoms with Gasteiger partial charge in [-0.25, -0.2) is 4.79 Å². The van der Waals surface area contributed by atoms with E-state index in [0.717, 1.165) is 0 Å². The summed E-state index contributed by atoms with van der Waals surface area (Å²) in [5.41, 5.74) is -0.469. The fourth-order valence-electron chi connectivity index (χ4n) is 2.09. The first kappa shape index (κ1) is 23.8. The van der Waals surface area contributed by atoms with Crippen molar-refractivity contribution in [2.45, 2.75) is 32.8 Å². The number of benzene rings is 1. The number of halogens is 2. The molecule has 0 bridgehead atoms. The van der Waals surface area contributed by atoms with Crippen LogP contribution in [0.4, 0.5) is 4.79 Å². The molecule has 0 aliphatic heterocycles. The molecule has 0 atom stereocenters. The maximum Gasteiger partial charge on any atom is 0.407 e. The Morgan fingerprint density at radius 2 is 1.57 bits per heavy atom. The van der Waals surface area contributed by atoms with Crippen molar-refractivity contribution in [1.82, 2.24) is 16.0 Å². The molecule has 1 aromatic rings. The molecular weight excluding hydrogens is 409 g/mol. The maximum atomic E-state index is 12.3. The zero-order valence-corrected chi connectivity index (χ0v) is 17.8. The molecule has 0 fully saturated rings. The van der Waals surface area contributed by atoms with E-state index in [4.69, 9.17) is 32.7 Å². The van der Waals surface area contributed by atoms with Crippen LogP contribution in [0.3, 0.4) is 0 Å². The largest absolute Gasteiger partial charge is 0.494 e. The Morgan fingerprint density at radius 1 is 0.964 bits per heavy atom. The van der Waals surface area contributed by atoms with Gasteiger partial charge in [-0.2, -0.15) is 0 Å². The summed E-state index contributed by atoms with van der Waals surface area (Å²) in [7, 11) is 1.39. The number of hydrogen-bond donors (Lipinski definition) is 3. The highest BCUT2D eigenvalue weighted by Crippen LogP contribution is 2.33. The zero-order chi connectivity index (χ0) is 21.3. The number of ether oxygens (including phenoxy) is 2. The number of hydrogen-bond acceptors (Lipinski definition) is 5. The number of rotatable bonds is 8. The Hall–Kier alpha value is -2.19. The average Bonchev–Trinajstić information content (AvgIpc) is 2.58. The highest BCUT2D eigenvalue weighted by molar-refractivity contribution is 6.37. The van der Waals surface area contributed by atoms with E-state index in [0.29, 0.717) is 0 Å². The van der Waals surface area contributed by atoms with Crippen LogP contribution in [0, 0.1) is 0 Å². The van der Waals surface area contributed by atoms with Gasteiger partial charge in [0.15, 0.2) is 5.75 Å². The van der Waals surface area contributed by atoms with Crippen LogP contribution in [-0.4, -0.2) is 50.3 Å². The van der Waals surface area contributed by atoms with Gasteiger partial charge >= 0.3 is 6.09 Å². The van der Waals surface area contributed by atoms with Crippen molar-refractivity contribution in [3.05, 3.63) is 27.7 Å².